The molecule has 1 N–H and O–H groups in total. The van der Waals surface area contributed by atoms with E-state index in [0.717, 1.165) is 11.5 Å². The van der Waals surface area contributed by atoms with Crippen molar-refractivity contribution in [1.29, 1.82) is 0 Å². The maximum atomic E-state index is 11.6. The molecular weight excluding hydrogens is 224 g/mol. The summed E-state index contributed by atoms with van der Waals surface area (Å²) < 4.78 is 5.36. The molecule has 0 radical (unpaired) electrons. The van der Waals surface area contributed by atoms with Crippen molar-refractivity contribution < 1.29 is 9.21 Å². The molecule has 0 aromatic carbocycles. The van der Waals surface area contributed by atoms with Crippen LogP contribution in [0.1, 0.15) is 27.7 Å². The van der Waals surface area contributed by atoms with Gasteiger partial charge in [0, 0.05) is 10.9 Å². The van der Waals surface area contributed by atoms with Crippen LogP contribution in [0.5, 0.6) is 0 Å². The molecule has 0 fully saturated rings. The van der Waals surface area contributed by atoms with Gasteiger partial charge in [0.1, 0.15) is 5.76 Å². The number of carbonyl (C=O) groups is 1. The first-order chi connectivity index (χ1) is 7.66. The third-order valence-corrected chi connectivity index (χ3v) is 2.94. The second-order valence-electron chi connectivity index (χ2n) is 3.44. The molecule has 0 atom stereocenters. The molecule has 16 heavy (non-hydrogen) atoms. The number of hydrogen-bond donors (Lipinski definition) is 1. The van der Waals surface area contributed by atoms with Crippen LogP contribution in [-0.4, -0.2) is 10.9 Å². The Morgan fingerprint density at radius 3 is 2.94 bits per heavy atom. The van der Waals surface area contributed by atoms with Crippen molar-refractivity contribution in [3.8, 4) is 0 Å². The van der Waals surface area contributed by atoms with Crippen LogP contribution in [0.4, 0.5) is 0 Å². The highest BCUT2D eigenvalue weighted by molar-refractivity contribution is 7.08. The number of carbonyl (C=O) groups excluding carboxylic acids is 1. The number of hydrogen-bond acceptors (Lipinski definition) is 4. The minimum Gasteiger partial charge on any atom is -0.444 e. The van der Waals surface area contributed by atoms with Crippen LogP contribution in [-0.2, 0) is 6.54 Å². The molecule has 0 unspecified atom stereocenters. The van der Waals surface area contributed by atoms with Gasteiger partial charge in [-0.1, -0.05) is 0 Å². The molecule has 2 rings (SSSR count). The lowest BCUT2D eigenvalue weighted by atomic mass is 10.3. The molecule has 0 saturated heterocycles. The molecule has 2 aromatic rings. The first kappa shape index (κ1) is 10.9. The van der Waals surface area contributed by atoms with Crippen LogP contribution in [0.3, 0.4) is 0 Å². The lowest BCUT2D eigenvalue weighted by Gasteiger charge is -1.99. The number of aryl methyl sites for hydroxylation is 2. The van der Waals surface area contributed by atoms with Gasteiger partial charge in [-0.25, -0.2) is 4.98 Å². The summed E-state index contributed by atoms with van der Waals surface area (Å²) in [5.74, 6) is 1.23. The standard InChI is InChI=1S/C11H12N2O2S/c1-7-8(2)15-10(13-7)5-12-11(14)9-3-4-16-6-9/h3-4,6H,5H2,1-2H3,(H,12,14). The van der Waals surface area contributed by atoms with Gasteiger partial charge in [-0.15, -0.1) is 0 Å². The largest absolute Gasteiger partial charge is 0.444 e. The van der Waals surface area contributed by atoms with Crippen molar-refractivity contribution in [3.05, 3.63) is 39.7 Å². The van der Waals surface area contributed by atoms with Crippen LogP contribution >= 0.6 is 11.3 Å². The van der Waals surface area contributed by atoms with Crippen molar-refractivity contribution in [2.24, 2.45) is 0 Å². The van der Waals surface area contributed by atoms with E-state index in [0.29, 0.717) is 18.0 Å². The zero-order valence-electron chi connectivity index (χ0n) is 9.11. The molecule has 2 aromatic heterocycles. The molecule has 4 nitrogen and oxygen atoms in total. The Morgan fingerprint density at radius 2 is 2.38 bits per heavy atom. The fourth-order valence-corrected chi connectivity index (χ4v) is 1.90. The molecule has 0 aliphatic rings. The van der Waals surface area contributed by atoms with Crippen molar-refractivity contribution in [2.45, 2.75) is 20.4 Å². The fraction of sp³-hybridized carbons (Fsp3) is 0.273. The maximum Gasteiger partial charge on any atom is 0.252 e. The quantitative estimate of drug-likeness (QED) is 0.889. The molecule has 5 heteroatoms. The summed E-state index contributed by atoms with van der Waals surface area (Å²) in [6.07, 6.45) is 0. The number of rotatable bonds is 3. The Morgan fingerprint density at radius 1 is 1.56 bits per heavy atom. The van der Waals surface area contributed by atoms with Gasteiger partial charge in [-0.05, 0) is 25.3 Å². The van der Waals surface area contributed by atoms with Crippen molar-refractivity contribution >= 4 is 17.2 Å². The van der Waals surface area contributed by atoms with Crippen LogP contribution in [0.25, 0.3) is 0 Å². The van der Waals surface area contributed by atoms with Crippen molar-refractivity contribution in [3.63, 3.8) is 0 Å². The Labute approximate surface area is 97.3 Å². The SMILES string of the molecule is Cc1nc(CNC(=O)c2ccsc2)oc1C. The highest BCUT2D eigenvalue weighted by atomic mass is 32.1. The highest BCUT2D eigenvalue weighted by Gasteiger charge is 2.09. The van der Waals surface area contributed by atoms with Gasteiger partial charge in [-0.2, -0.15) is 11.3 Å². The lowest BCUT2D eigenvalue weighted by molar-refractivity contribution is 0.0947. The second-order valence-corrected chi connectivity index (χ2v) is 4.22. The topological polar surface area (TPSA) is 55.1 Å². The number of aromatic nitrogens is 1. The molecule has 0 saturated carbocycles. The summed E-state index contributed by atoms with van der Waals surface area (Å²) in [5.41, 5.74) is 1.53. The van der Waals surface area contributed by atoms with E-state index in [1.807, 2.05) is 19.2 Å². The van der Waals surface area contributed by atoms with Crippen molar-refractivity contribution in [1.82, 2.24) is 10.3 Å². The average Bonchev–Trinajstić information content (AvgIpc) is 2.86. The molecule has 2 heterocycles. The predicted molar refractivity (Wildman–Crippen MR) is 61.5 cm³/mol. The van der Waals surface area contributed by atoms with Crippen molar-refractivity contribution in [2.75, 3.05) is 0 Å². The lowest BCUT2D eigenvalue weighted by Crippen LogP contribution is -2.22. The molecule has 0 spiro atoms. The third kappa shape index (κ3) is 2.30. The van der Waals surface area contributed by atoms with E-state index in [4.69, 9.17) is 4.42 Å². The van der Waals surface area contributed by atoms with Crippen LogP contribution < -0.4 is 5.32 Å². The van der Waals surface area contributed by atoms with E-state index < -0.39 is 0 Å². The number of amides is 1. The average molecular weight is 236 g/mol. The Bertz CT molecular complexity index is 469. The number of nitrogens with zero attached hydrogens (tertiary/aromatic N) is 1. The molecule has 0 bridgehead atoms. The molecular formula is C11H12N2O2S. The normalized spacial score (nSPS) is 10.4. The Balaban J connectivity index is 1.95. The van der Waals surface area contributed by atoms with Gasteiger partial charge in [0.15, 0.2) is 0 Å². The monoisotopic (exact) mass is 236 g/mol. The number of nitrogens with one attached hydrogen (secondary N) is 1. The van der Waals surface area contributed by atoms with E-state index >= 15 is 0 Å². The molecule has 0 aliphatic heterocycles. The molecule has 1 amide bonds. The zero-order chi connectivity index (χ0) is 11.5. The summed E-state index contributed by atoms with van der Waals surface area (Å²) in [6, 6.07) is 1.78. The van der Waals surface area contributed by atoms with Gasteiger partial charge in [0.2, 0.25) is 5.89 Å². The first-order valence-electron chi connectivity index (χ1n) is 4.90. The van der Waals surface area contributed by atoms with E-state index in [1.165, 1.54) is 11.3 Å². The second kappa shape index (κ2) is 4.49. The summed E-state index contributed by atoms with van der Waals surface area (Å²) in [6.45, 7) is 4.05. The van der Waals surface area contributed by atoms with Gasteiger partial charge in [0.25, 0.3) is 5.91 Å². The Hall–Kier alpha value is -1.62. The van der Waals surface area contributed by atoms with Gasteiger partial charge in [0.05, 0.1) is 12.2 Å². The molecule has 84 valence electrons. The van der Waals surface area contributed by atoms with Gasteiger partial charge >= 0.3 is 0 Å². The molecule has 0 aliphatic carbocycles. The minimum atomic E-state index is -0.102. The highest BCUT2D eigenvalue weighted by Crippen LogP contribution is 2.09. The first-order valence-corrected chi connectivity index (χ1v) is 5.84. The van der Waals surface area contributed by atoms with Crippen LogP contribution in [0.2, 0.25) is 0 Å². The number of oxazole rings is 1. The minimum absolute atomic E-state index is 0.102. The summed E-state index contributed by atoms with van der Waals surface area (Å²) in [4.78, 5) is 15.8. The van der Waals surface area contributed by atoms with E-state index in [1.54, 1.807) is 11.4 Å². The predicted octanol–water partition coefficient (Wildman–Crippen LogP) is 2.28. The summed E-state index contributed by atoms with van der Waals surface area (Å²) >= 11 is 1.50. The number of thiophene rings is 1. The summed E-state index contributed by atoms with van der Waals surface area (Å²) in [5, 5.41) is 6.43. The van der Waals surface area contributed by atoms with Gasteiger partial charge in [-0.3, -0.25) is 4.79 Å². The van der Waals surface area contributed by atoms with Gasteiger partial charge < -0.3 is 9.73 Å². The van der Waals surface area contributed by atoms with E-state index in [9.17, 15) is 4.79 Å². The third-order valence-electron chi connectivity index (χ3n) is 2.26. The fourth-order valence-electron chi connectivity index (χ4n) is 1.27. The van der Waals surface area contributed by atoms with Crippen LogP contribution in [0.15, 0.2) is 21.2 Å². The van der Waals surface area contributed by atoms with E-state index in [-0.39, 0.29) is 5.91 Å². The smallest absolute Gasteiger partial charge is 0.252 e. The van der Waals surface area contributed by atoms with E-state index in [2.05, 4.69) is 10.3 Å². The maximum absolute atomic E-state index is 11.6. The van der Waals surface area contributed by atoms with Crippen LogP contribution in [0, 0.1) is 13.8 Å². The summed E-state index contributed by atoms with van der Waals surface area (Å²) in [7, 11) is 0. The Kier molecular flexibility index (Phi) is 3.05. The zero-order valence-corrected chi connectivity index (χ0v) is 9.93.